The number of para-hydroxylation sites is 1. The SMILES string of the molecule is Cc1cc(F)ccc1-n1c(SCC(=O)Nc2ccccc2)nc2ccsc2c1=O. The Hall–Kier alpha value is -2.97. The lowest BCUT2D eigenvalue weighted by Gasteiger charge is -2.14. The van der Waals surface area contributed by atoms with Crippen molar-refractivity contribution >= 4 is 44.9 Å². The number of amides is 1. The summed E-state index contributed by atoms with van der Waals surface area (Å²) in [5, 5.41) is 5.01. The van der Waals surface area contributed by atoms with Gasteiger partial charge in [-0.15, -0.1) is 11.3 Å². The summed E-state index contributed by atoms with van der Waals surface area (Å²) in [5.74, 6) is -0.499. The minimum Gasteiger partial charge on any atom is -0.325 e. The summed E-state index contributed by atoms with van der Waals surface area (Å²) in [6, 6.07) is 15.2. The van der Waals surface area contributed by atoms with Gasteiger partial charge in [-0.2, -0.15) is 0 Å². The molecular formula is C21H16FN3O2S2. The Balaban J connectivity index is 1.69. The van der Waals surface area contributed by atoms with E-state index in [-0.39, 0.29) is 23.0 Å². The zero-order chi connectivity index (χ0) is 20.4. The number of fused-ring (bicyclic) bond motifs is 1. The van der Waals surface area contributed by atoms with Crippen molar-refractivity contribution in [2.24, 2.45) is 0 Å². The molecule has 0 saturated heterocycles. The average Bonchev–Trinajstić information content (AvgIpc) is 3.17. The molecule has 0 fully saturated rings. The topological polar surface area (TPSA) is 64.0 Å². The number of hydrogen-bond donors (Lipinski definition) is 1. The van der Waals surface area contributed by atoms with E-state index in [1.54, 1.807) is 36.6 Å². The fourth-order valence-electron chi connectivity index (χ4n) is 2.92. The summed E-state index contributed by atoms with van der Waals surface area (Å²) in [4.78, 5) is 30.0. The molecule has 0 saturated carbocycles. The Morgan fingerprint density at radius 2 is 2.00 bits per heavy atom. The number of hydrogen-bond acceptors (Lipinski definition) is 5. The van der Waals surface area contributed by atoms with Crippen LogP contribution in [-0.2, 0) is 4.79 Å². The van der Waals surface area contributed by atoms with Crippen molar-refractivity contribution in [1.82, 2.24) is 9.55 Å². The number of halogens is 1. The second-order valence-electron chi connectivity index (χ2n) is 6.30. The number of benzene rings is 2. The minimum atomic E-state index is -0.374. The van der Waals surface area contributed by atoms with Gasteiger partial charge in [-0.3, -0.25) is 14.2 Å². The molecule has 0 radical (unpaired) electrons. The number of anilines is 1. The standard InChI is InChI=1S/C21H16FN3O2S2/c1-13-11-14(22)7-8-17(13)25-20(27)19-16(9-10-28-19)24-21(25)29-12-18(26)23-15-5-3-2-4-6-15/h2-11H,12H2,1H3,(H,23,26). The van der Waals surface area contributed by atoms with E-state index in [4.69, 9.17) is 0 Å². The van der Waals surface area contributed by atoms with Crippen LogP contribution >= 0.6 is 23.1 Å². The second-order valence-corrected chi connectivity index (χ2v) is 8.16. The van der Waals surface area contributed by atoms with E-state index in [1.165, 1.54) is 39.8 Å². The summed E-state index contributed by atoms with van der Waals surface area (Å²) in [7, 11) is 0. The van der Waals surface area contributed by atoms with E-state index >= 15 is 0 Å². The number of aromatic nitrogens is 2. The van der Waals surface area contributed by atoms with Crippen LogP contribution in [0, 0.1) is 12.7 Å². The number of rotatable bonds is 5. The van der Waals surface area contributed by atoms with E-state index in [1.807, 2.05) is 18.2 Å². The molecule has 146 valence electrons. The van der Waals surface area contributed by atoms with Crippen molar-refractivity contribution in [3.05, 3.63) is 81.7 Å². The predicted molar refractivity (Wildman–Crippen MR) is 116 cm³/mol. The van der Waals surface area contributed by atoms with Gasteiger partial charge < -0.3 is 5.32 Å². The maximum absolute atomic E-state index is 13.6. The number of thioether (sulfide) groups is 1. The molecule has 4 aromatic rings. The first-order valence-corrected chi connectivity index (χ1v) is 10.6. The first-order chi connectivity index (χ1) is 14.0. The van der Waals surface area contributed by atoms with Crippen LogP contribution < -0.4 is 10.9 Å². The molecule has 8 heteroatoms. The van der Waals surface area contributed by atoms with Crippen molar-refractivity contribution in [3.8, 4) is 5.69 Å². The van der Waals surface area contributed by atoms with Gasteiger partial charge in [-0.25, -0.2) is 9.37 Å². The second kappa shape index (κ2) is 8.18. The molecule has 29 heavy (non-hydrogen) atoms. The van der Waals surface area contributed by atoms with Crippen molar-refractivity contribution in [2.75, 3.05) is 11.1 Å². The Morgan fingerprint density at radius 3 is 2.76 bits per heavy atom. The lowest BCUT2D eigenvalue weighted by Crippen LogP contribution is -2.23. The number of nitrogens with one attached hydrogen (secondary N) is 1. The molecular weight excluding hydrogens is 409 g/mol. The summed E-state index contributed by atoms with van der Waals surface area (Å²) < 4.78 is 15.5. The number of carbonyl (C=O) groups is 1. The van der Waals surface area contributed by atoms with Crippen molar-refractivity contribution < 1.29 is 9.18 Å². The molecule has 2 aromatic carbocycles. The fourth-order valence-corrected chi connectivity index (χ4v) is 4.48. The molecule has 2 aromatic heterocycles. The Labute approximate surface area is 174 Å². The van der Waals surface area contributed by atoms with Crippen LogP contribution in [0.25, 0.3) is 15.9 Å². The van der Waals surface area contributed by atoms with Crippen LogP contribution in [-0.4, -0.2) is 21.2 Å². The zero-order valence-corrected chi connectivity index (χ0v) is 17.0. The van der Waals surface area contributed by atoms with Crippen LogP contribution in [0.1, 0.15) is 5.56 Å². The van der Waals surface area contributed by atoms with E-state index in [2.05, 4.69) is 10.3 Å². The van der Waals surface area contributed by atoms with Gasteiger partial charge in [0.25, 0.3) is 5.56 Å². The monoisotopic (exact) mass is 425 g/mol. The van der Waals surface area contributed by atoms with Gasteiger partial charge in [0.15, 0.2) is 5.16 Å². The molecule has 0 spiro atoms. The minimum absolute atomic E-state index is 0.0806. The average molecular weight is 426 g/mol. The van der Waals surface area contributed by atoms with E-state index in [0.29, 0.717) is 32.3 Å². The van der Waals surface area contributed by atoms with Gasteiger partial charge in [-0.1, -0.05) is 30.0 Å². The normalized spacial score (nSPS) is 11.0. The number of thiophene rings is 1. The Kier molecular flexibility index (Phi) is 5.46. The maximum Gasteiger partial charge on any atom is 0.276 e. The summed E-state index contributed by atoms with van der Waals surface area (Å²) in [6.45, 7) is 1.74. The van der Waals surface area contributed by atoms with Crippen LogP contribution in [0.5, 0.6) is 0 Å². The van der Waals surface area contributed by atoms with Gasteiger partial charge >= 0.3 is 0 Å². The maximum atomic E-state index is 13.6. The molecule has 4 rings (SSSR count). The highest BCUT2D eigenvalue weighted by atomic mass is 32.2. The largest absolute Gasteiger partial charge is 0.325 e. The Bertz CT molecular complexity index is 1250. The third-order valence-corrected chi connectivity index (χ3v) is 6.07. The zero-order valence-electron chi connectivity index (χ0n) is 15.4. The summed E-state index contributed by atoms with van der Waals surface area (Å²) >= 11 is 2.47. The molecule has 0 aliphatic carbocycles. The number of carbonyl (C=O) groups excluding carboxylic acids is 1. The first kappa shape index (κ1) is 19.4. The number of nitrogens with zero attached hydrogens (tertiary/aromatic N) is 2. The van der Waals surface area contributed by atoms with Crippen molar-refractivity contribution in [3.63, 3.8) is 0 Å². The highest BCUT2D eigenvalue weighted by Gasteiger charge is 2.17. The molecule has 1 amide bonds. The van der Waals surface area contributed by atoms with Gasteiger partial charge in [0.05, 0.1) is 17.0 Å². The molecule has 0 bridgehead atoms. The van der Waals surface area contributed by atoms with Gasteiger partial charge in [-0.05, 0) is 54.3 Å². The lowest BCUT2D eigenvalue weighted by atomic mass is 10.2. The van der Waals surface area contributed by atoms with Crippen LogP contribution in [0.15, 0.2) is 69.9 Å². The summed E-state index contributed by atoms with van der Waals surface area (Å²) in [5.41, 5.74) is 2.21. The van der Waals surface area contributed by atoms with E-state index in [0.717, 1.165) is 0 Å². The molecule has 0 aliphatic rings. The fraction of sp³-hybridized carbons (Fsp3) is 0.0952. The van der Waals surface area contributed by atoms with Crippen LogP contribution in [0.3, 0.4) is 0 Å². The molecule has 1 N–H and O–H groups in total. The van der Waals surface area contributed by atoms with Gasteiger partial charge in [0, 0.05) is 5.69 Å². The molecule has 0 atom stereocenters. The van der Waals surface area contributed by atoms with Crippen LogP contribution in [0.4, 0.5) is 10.1 Å². The molecule has 5 nitrogen and oxygen atoms in total. The smallest absolute Gasteiger partial charge is 0.276 e. The third-order valence-electron chi connectivity index (χ3n) is 4.24. The van der Waals surface area contributed by atoms with Crippen molar-refractivity contribution in [2.45, 2.75) is 12.1 Å². The van der Waals surface area contributed by atoms with E-state index in [9.17, 15) is 14.0 Å². The Morgan fingerprint density at radius 1 is 1.21 bits per heavy atom. The number of aryl methyl sites for hydroxylation is 1. The third kappa shape index (κ3) is 4.08. The van der Waals surface area contributed by atoms with E-state index < -0.39 is 0 Å². The highest BCUT2D eigenvalue weighted by Crippen LogP contribution is 2.25. The van der Waals surface area contributed by atoms with Crippen molar-refractivity contribution in [1.29, 1.82) is 0 Å². The van der Waals surface area contributed by atoms with Gasteiger partial charge in [0.2, 0.25) is 5.91 Å². The molecule has 0 aliphatic heterocycles. The molecule has 0 unspecified atom stereocenters. The molecule has 2 heterocycles. The van der Waals surface area contributed by atoms with Gasteiger partial charge in [0.1, 0.15) is 10.5 Å². The van der Waals surface area contributed by atoms with Crippen LogP contribution in [0.2, 0.25) is 0 Å². The predicted octanol–water partition coefficient (Wildman–Crippen LogP) is 4.63. The quantitative estimate of drug-likeness (QED) is 0.374. The first-order valence-electron chi connectivity index (χ1n) is 8.77. The summed E-state index contributed by atoms with van der Waals surface area (Å²) in [6.07, 6.45) is 0. The lowest BCUT2D eigenvalue weighted by molar-refractivity contribution is -0.113. The highest BCUT2D eigenvalue weighted by molar-refractivity contribution is 7.99.